The van der Waals surface area contributed by atoms with E-state index in [1.165, 1.54) is 27.8 Å². The third-order valence-corrected chi connectivity index (χ3v) is 6.09. The Bertz CT molecular complexity index is 843. The SMILES string of the molecule is CN(C)CCOC(=O)N1CCC(=C2c3ccccc3CCC3=CC=CNC32)CC1. The molecule has 1 fully saturated rings. The number of likely N-dealkylation sites (N-methyl/N-ethyl adjacent to an activating group) is 1. The maximum Gasteiger partial charge on any atom is 0.409 e. The zero-order valence-electron chi connectivity index (χ0n) is 17.5. The molecule has 1 atom stereocenters. The van der Waals surface area contributed by atoms with Crippen LogP contribution in [0.25, 0.3) is 5.57 Å². The van der Waals surface area contributed by atoms with E-state index in [1.54, 1.807) is 0 Å². The predicted molar refractivity (Wildman–Crippen MR) is 117 cm³/mol. The van der Waals surface area contributed by atoms with Crippen LogP contribution in [0.5, 0.6) is 0 Å². The van der Waals surface area contributed by atoms with E-state index >= 15 is 0 Å². The van der Waals surface area contributed by atoms with Crippen LogP contribution in [-0.4, -0.2) is 62.3 Å². The average Bonchev–Trinajstić information content (AvgIpc) is 2.90. The first-order chi connectivity index (χ1) is 14.1. The second-order valence-electron chi connectivity index (χ2n) is 8.28. The quantitative estimate of drug-likeness (QED) is 0.852. The maximum absolute atomic E-state index is 12.4. The molecule has 1 aromatic rings. The molecule has 0 saturated carbocycles. The number of ether oxygens (including phenoxy) is 1. The Morgan fingerprint density at radius 2 is 1.97 bits per heavy atom. The number of aryl methyl sites for hydroxylation is 1. The molecular weight excluding hydrogens is 362 g/mol. The van der Waals surface area contributed by atoms with E-state index in [-0.39, 0.29) is 12.1 Å². The summed E-state index contributed by atoms with van der Waals surface area (Å²) in [5.74, 6) is 0. The normalized spacial score (nSPS) is 21.1. The van der Waals surface area contributed by atoms with Crippen LogP contribution in [0.15, 0.2) is 53.8 Å². The Labute approximate surface area is 173 Å². The largest absolute Gasteiger partial charge is 0.448 e. The number of carbonyl (C=O) groups excluding carboxylic acids is 1. The molecular formula is C24H31N3O2. The minimum absolute atomic E-state index is 0.184. The van der Waals surface area contributed by atoms with E-state index in [4.69, 9.17) is 4.74 Å². The number of rotatable bonds is 3. The van der Waals surface area contributed by atoms with Crippen LogP contribution in [0, 0.1) is 0 Å². The summed E-state index contributed by atoms with van der Waals surface area (Å²) in [5, 5.41) is 3.61. The molecule has 0 spiro atoms. The lowest BCUT2D eigenvalue weighted by molar-refractivity contribution is 0.0935. The lowest BCUT2D eigenvalue weighted by Gasteiger charge is -2.33. The summed E-state index contributed by atoms with van der Waals surface area (Å²) < 4.78 is 5.43. The van der Waals surface area contributed by atoms with E-state index in [2.05, 4.69) is 47.9 Å². The lowest BCUT2D eigenvalue weighted by atomic mass is 9.85. The summed E-state index contributed by atoms with van der Waals surface area (Å²) in [4.78, 5) is 16.3. The number of nitrogens with one attached hydrogen (secondary N) is 1. The number of piperidine rings is 1. The van der Waals surface area contributed by atoms with Gasteiger partial charge in [-0.25, -0.2) is 4.79 Å². The Balaban J connectivity index is 1.54. The van der Waals surface area contributed by atoms with Gasteiger partial charge < -0.3 is 19.9 Å². The number of hydrogen-bond acceptors (Lipinski definition) is 4. The minimum atomic E-state index is -0.184. The first kappa shape index (κ1) is 19.8. The highest BCUT2D eigenvalue weighted by Gasteiger charge is 2.30. The molecule has 154 valence electrons. The van der Waals surface area contributed by atoms with E-state index < -0.39 is 0 Å². The van der Waals surface area contributed by atoms with Crippen molar-refractivity contribution in [1.29, 1.82) is 0 Å². The van der Waals surface area contributed by atoms with Crippen LogP contribution in [0.3, 0.4) is 0 Å². The Hall–Kier alpha value is -2.53. The van der Waals surface area contributed by atoms with Gasteiger partial charge in [0.1, 0.15) is 6.61 Å². The van der Waals surface area contributed by atoms with Gasteiger partial charge >= 0.3 is 6.09 Å². The zero-order chi connectivity index (χ0) is 20.2. The second-order valence-corrected chi connectivity index (χ2v) is 8.28. The summed E-state index contributed by atoms with van der Waals surface area (Å²) in [6, 6.07) is 9.06. The van der Waals surface area contributed by atoms with Crippen LogP contribution in [0.4, 0.5) is 4.79 Å². The van der Waals surface area contributed by atoms with E-state index in [1.807, 2.05) is 23.9 Å². The standard InChI is InChI=1S/C24H31N3O2/c1-26(2)16-17-29-24(28)27-14-11-19(12-15-27)22-21-8-4-3-6-18(21)9-10-20-7-5-13-25-23(20)22/h3-8,13,23,25H,9-12,14-17H2,1-2H3. The number of dihydropyridines is 1. The number of hydrogen-bond donors (Lipinski definition) is 1. The highest BCUT2D eigenvalue weighted by molar-refractivity contribution is 5.79. The Kier molecular flexibility index (Phi) is 6.05. The highest BCUT2D eigenvalue weighted by Crippen LogP contribution is 2.38. The van der Waals surface area contributed by atoms with Gasteiger partial charge in [0.05, 0.1) is 6.04 Å². The highest BCUT2D eigenvalue weighted by atomic mass is 16.6. The van der Waals surface area contributed by atoms with Crippen molar-refractivity contribution in [1.82, 2.24) is 15.1 Å². The van der Waals surface area contributed by atoms with Gasteiger partial charge in [-0.2, -0.15) is 0 Å². The van der Waals surface area contributed by atoms with Crippen molar-refractivity contribution in [3.8, 4) is 0 Å². The molecule has 1 aliphatic carbocycles. The van der Waals surface area contributed by atoms with Crippen molar-refractivity contribution < 1.29 is 9.53 Å². The number of nitrogens with zero attached hydrogens (tertiary/aromatic N) is 2. The summed E-state index contributed by atoms with van der Waals surface area (Å²) in [6.07, 6.45) is 10.2. The van der Waals surface area contributed by atoms with Crippen LogP contribution >= 0.6 is 0 Å². The predicted octanol–water partition coefficient (Wildman–Crippen LogP) is 3.59. The van der Waals surface area contributed by atoms with Crippen molar-refractivity contribution in [2.45, 2.75) is 31.7 Å². The summed E-state index contributed by atoms with van der Waals surface area (Å²) >= 11 is 0. The number of fused-ring (bicyclic) bond motifs is 2. The molecule has 1 amide bonds. The van der Waals surface area contributed by atoms with Gasteiger partial charge in [-0.3, -0.25) is 0 Å². The van der Waals surface area contributed by atoms with Gasteiger partial charge in [0.15, 0.2) is 0 Å². The summed E-state index contributed by atoms with van der Waals surface area (Å²) in [5.41, 5.74) is 7.15. The number of likely N-dealkylation sites (tertiary alicyclic amines) is 1. The summed E-state index contributed by atoms with van der Waals surface area (Å²) in [6.45, 7) is 2.64. The number of allylic oxidation sites excluding steroid dienone is 2. The third-order valence-electron chi connectivity index (χ3n) is 6.09. The van der Waals surface area contributed by atoms with Crippen molar-refractivity contribution >= 4 is 11.7 Å². The van der Waals surface area contributed by atoms with Crippen molar-refractivity contribution in [2.24, 2.45) is 0 Å². The van der Waals surface area contributed by atoms with Crippen LogP contribution in [-0.2, 0) is 11.2 Å². The van der Waals surface area contributed by atoms with Crippen molar-refractivity contribution in [3.63, 3.8) is 0 Å². The van der Waals surface area contributed by atoms with E-state index in [9.17, 15) is 4.79 Å². The molecule has 0 radical (unpaired) electrons. The van der Waals surface area contributed by atoms with Gasteiger partial charge in [-0.1, -0.05) is 35.9 Å². The van der Waals surface area contributed by atoms with Gasteiger partial charge in [-0.05, 0) is 74.3 Å². The molecule has 0 aromatic heterocycles. The smallest absolute Gasteiger partial charge is 0.409 e. The van der Waals surface area contributed by atoms with E-state index in [0.29, 0.717) is 6.61 Å². The molecule has 5 nitrogen and oxygen atoms in total. The fourth-order valence-corrected chi connectivity index (χ4v) is 4.49. The Morgan fingerprint density at radius 1 is 1.17 bits per heavy atom. The number of carbonyl (C=O) groups is 1. The topological polar surface area (TPSA) is 44.8 Å². The molecule has 1 unspecified atom stereocenters. The number of benzene rings is 1. The molecule has 2 aliphatic heterocycles. The lowest BCUT2D eigenvalue weighted by Crippen LogP contribution is -2.39. The van der Waals surface area contributed by atoms with Gasteiger partial charge in [0.25, 0.3) is 0 Å². The van der Waals surface area contributed by atoms with E-state index in [0.717, 1.165) is 45.3 Å². The molecule has 2 heterocycles. The molecule has 5 heteroatoms. The molecule has 1 saturated heterocycles. The molecule has 0 bridgehead atoms. The molecule has 4 rings (SSSR count). The maximum atomic E-state index is 12.4. The molecule has 3 aliphatic rings. The van der Waals surface area contributed by atoms with Gasteiger partial charge in [0.2, 0.25) is 0 Å². The summed E-state index contributed by atoms with van der Waals surface area (Å²) in [7, 11) is 3.96. The monoisotopic (exact) mass is 393 g/mol. The van der Waals surface area contributed by atoms with Crippen molar-refractivity contribution in [3.05, 3.63) is 64.9 Å². The molecule has 1 aromatic carbocycles. The molecule has 29 heavy (non-hydrogen) atoms. The van der Waals surface area contributed by atoms with Crippen LogP contribution < -0.4 is 5.32 Å². The van der Waals surface area contributed by atoms with Crippen molar-refractivity contribution in [2.75, 3.05) is 40.3 Å². The number of amides is 1. The van der Waals surface area contributed by atoms with Gasteiger partial charge in [0, 0.05) is 19.6 Å². The second kappa shape index (κ2) is 8.87. The zero-order valence-corrected chi connectivity index (χ0v) is 17.5. The first-order valence-corrected chi connectivity index (χ1v) is 10.6. The molecule has 1 N–H and O–H groups in total. The first-order valence-electron chi connectivity index (χ1n) is 10.6. The fraction of sp³-hybridized carbons (Fsp3) is 0.458. The minimum Gasteiger partial charge on any atom is -0.448 e. The van der Waals surface area contributed by atoms with Crippen LogP contribution in [0.2, 0.25) is 0 Å². The average molecular weight is 394 g/mol. The Morgan fingerprint density at radius 3 is 2.76 bits per heavy atom. The van der Waals surface area contributed by atoms with Crippen LogP contribution in [0.1, 0.15) is 30.4 Å². The van der Waals surface area contributed by atoms with Gasteiger partial charge in [-0.15, -0.1) is 0 Å². The fourth-order valence-electron chi connectivity index (χ4n) is 4.49. The third kappa shape index (κ3) is 4.40.